The maximum atomic E-state index is 13.0. The topological polar surface area (TPSA) is 88.4 Å². The summed E-state index contributed by atoms with van der Waals surface area (Å²) in [7, 11) is 5.65. The van der Waals surface area contributed by atoms with Gasteiger partial charge < -0.3 is 4.57 Å². The first-order valence-electron chi connectivity index (χ1n) is 8.80. The van der Waals surface area contributed by atoms with E-state index < -0.39 is 0 Å². The third-order valence-corrected chi connectivity index (χ3v) is 5.98. The summed E-state index contributed by atoms with van der Waals surface area (Å²) in [5.74, 6) is 0. The van der Waals surface area contributed by atoms with Crippen LogP contribution >= 0.6 is 11.3 Å². The van der Waals surface area contributed by atoms with E-state index in [4.69, 9.17) is 4.98 Å². The van der Waals surface area contributed by atoms with Crippen LogP contribution in [0.1, 0.15) is 16.4 Å². The Morgan fingerprint density at radius 2 is 2.00 bits per heavy atom. The fraction of sp³-hybridized carbons (Fsp3) is 0.278. The molecule has 9 nitrogen and oxygen atoms in total. The maximum absolute atomic E-state index is 13.0. The minimum atomic E-state index is -0.135. The lowest BCUT2D eigenvalue weighted by molar-refractivity contribution is 0.619. The highest BCUT2D eigenvalue weighted by atomic mass is 32.1. The Bertz CT molecular complexity index is 1380. The molecule has 28 heavy (non-hydrogen) atoms. The van der Waals surface area contributed by atoms with Crippen molar-refractivity contribution in [2.24, 2.45) is 21.1 Å². The number of hydrogen-bond acceptors (Lipinski definition) is 6. The van der Waals surface area contributed by atoms with Crippen LogP contribution in [0.5, 0.6) is 0 Å². The summed E-state index contributed by atoms with van der Waals surface area (Å²) >= 11 is 1.60. The number of nitrogens with zero attached hydrogens (tertiary/aromatic N) is 8. The van der Waals surface area contributed by atoms with Gasteiger partial charge in [0.25, 0.3) is 5.56 Å². The van der Waals surface area contributed by atoms with Crippen LogP contribution in [0.25, 0.3) is 21.3 Å². The van der Waals surface area contributed by atoms with Gasteiger partial charge in [-0.1, -0.05) is 0 Å². The standard InChI is InChI=1S/C18H18N8OS/c1-23-7-5-11(22-23)10-26-18(27)15-13(9-20-26)16-17(24(15)2)21-14(28-16)8-12-4-6-19-25(12)3/h4-7,9H,8,10H2,1-3H3. The molecule has 142 valence electrons. The Morgan fingerprint density at radius 1 is 1.14 bits per heavy atom. The molecule has 0 bridgehead atoms. The Morgan fingerprint density at radius 3 is 2.71 bits per heavy atom. The Hall–Kier alpha value is -3.27. The van der Waals surface area contributed by atoms with Crippen molar-refractivity contribution in [3.8, 4) is 0 Å². The molecule has 0 aliphatic carbocycles. The summed E-state index contributed by atoms with van der Waals surface area (Å²) in [6.45, 7) is 0.341. The van der Waals surface area contributed by atoms with Crippen LogP contribution in [0.2, 0.25) is 0 Å². The van der Waals surface area contributed by atoms with Gasteiger partial charge in [-0.3, -0.25) is 14.2 Å². The molecular weight excluding hydrogens is 376 g/mol. The van der Waals surface area contributed by atoms with Crippen LogP contribution in [-0.4, -0.2) is 38.9 Å². The first-order chi connectivity index (χ1) is 13.5. The molecule has 0 radical (unpaired) electrons. The van der Waals surface area contributed by atoms with Gasteiger partial charge in [0.15, 0.2) is 5.65 Å². The molecule has 5 aromatic heterocycles. The third-order valence-electron chi connectivity index (χ3n) is 4.91. The van der Waals surface area contributed by atoms with E-state index in [2.05, 4.69) is 15.3 Å². The summed E-state index contributed by atoms with van der Waals surface area (Å²) in [6.07, 6.45) is 6.10. The van der Waals surface area contributed by atoms with Gasteiger partial charge in [0.1, 0.15) is 10.5 Å². The van der Waals surface area contributed by atoms with E-state index in [1.165, 1.54) is 4.68 Å². The molecule has 5 aromatic rings. The van der Waals surface area contributed by atoms with Crippen molar-refractivity contribution in [1.82, 2.24) is 38.9 Å². The predicted molar refractivity (Wildman–Crippen MR) is 106 cm³/mol. The second-order valence-electron chi connectivity index (χ2n) is 6.79. The molecule has 0 aromatic carbocycles. The van der Waals surface area contributed by atoms with E-state index in [0.29, 0.717) is 18.5 Å². The molecule has 0 aliphatic rings. The van der Waals surface area contributed by atoms with Gasteiger partial charge in [0.2, 0.25) is 0 Å². The van der Waals surface area contributed by atoms with Crippen molar-refractivity contribution in [3.05, 3.63) is 57.5 Å². The molecular formula is C18H18N8OS. The fourth-order valence-electron chi connectivity index (χ4n) is 3.45. The van der Waals surface area contributed by atoms with E-state index in [-0.39, 0.29) is 5.56 Å². The van der Waals surface area contributed by atoms with Crippen LogP contribution in [0, 0.1) is 0 Å². The average molecular weight is 394 g/mol. The van der Waals surface area contributed by atoms with Gasteiger partial charge in [-0.25, -0.2) is 9.67 Å². The molecule has 5 rings (SSSR count). The van der Waals surface area contributed by atoms with Crippen LogP contribution in [-0.2, 0) is 34.1 Å². The van der Waals surface area contributed by atoms with Crippen molar-refractivity contribution < 1.29 is 0 Å². The molecule has 0 atom stereocenters. The Labute approximate surface area is 163 Å². The van der Waals surface area contributed by atoms with Gasteiger partial charge >= 0.3 is 0 Å². The van der Waals surface area contributed by atoms with Gasteiger partial charge in [-0.2, -0.15) is 15.3 Å². The van der Waals surface area contributed by atoms with Crippen molar-refractivity contribution in [2.45, 2.75) is 13.0 Å². The highest BCUT2D eigenvalue weighted by molar-refractivity contribution is 7.19. The Kier molecular flexibility index (Phi) is 3.69. The zero-order chi connectivity index (χ0) is 19.4. The normalized spacial score (nSPS) is 11.8. The maximum Gasteiger partial charge on any atom is 0.291 e. The lowest BCUT2D eigenvalue weighted by Crippen LogP contribution is -2.24. The quantitative estimate of drug-likeness (QED) is 0.460. The van der Waals surface area contributed by atoms with Gasteiger partial charge in [0.05, 0.1) is 23.1 Å². The SMILES string of the molecule is Cn1ccc(Cn2ncc3c4sc(Cc5ccnn5C)nc4n(C)c3c2=O)n1. The number of thiazole rings is 1. The van der Waals surface area contributed by atoms with Crippen molar-refractivity contribution in [2.75, 3.05) is 0 Å². The monoisotopic (exact) mass is 394 g/mol. The minimum absolute atomic E-state index is 0.135. The second kappa shape index (κ2) is 6.13. The van der Waals surface area contributed by atoms with Crippen molar-refractivity contribution in [1.29, 1.82) is 0 Å². The first-order valence-corrected chi connectivity index (χ1v) is 9.62. The minimum Gasteiger partial charge on any atom is -0.323 e. The van der Waals surface area contributed by atoms with Crippen LogP contribution < -0.4 is 5.56 Å². The zero-order valence-corrected chi connectivity index (χ0v) is 16.5. The molecule has 0 N–H and O–H groups in total. The van der Waals surface area contributed by atoms with Gasteiger partial charge in [0, 0.05) is 51.0 Å². The largest absolute Gasteiger partial charge is 0.323 e. The summed E-state index contributed by atoms with van der Waals surface area (Å²) in [5, 5.41) is 14.7. The highest BCUT2D eigenvalue weighted by Crippen LogP contribution is 2.31. The molecule has 10 heteroatoms. The molecule has 5 heterocycles. The second-order valence-corrected chi connectivity index (χ2v) is 7.88. The van der Waals surface area contributed by atoms with E-state index in [0.717, 1.165) is 32.1 Å². The number of hydrogen-bond donors (Lipinski definition) is 0. The number of rotatable bonds is 4. The summed E-state index contributed by atoms with van der Waals surface area (Å²) < 4.78 is 7.87. The molecule has 0 saturated heterocycles. The number of aryl methyl sites for hydroxylation is 3. The molecule has 0 fully saturated rings. The molecule has 0 saturated carbocycles. The zero-order valence-electron chi connectivity index (χ0n) is 15.7. The van der Waals surface area contributed by atoms with Gasteiger partial charge in [-0.15, -0.1) is 11.3 Å². The first kappa shape index (κ1) is 16.9. The summed E-state index contributed by atoms with van der Waals surface area (Å²) in [6, 6.07) is 3.87. The highest BCUT2D eigenvalue weighted by Gasteiger charge is 2.19. The average Bonchev–Trinajstić information content (AvgIpc) is 3.41. The predicted octanol–water partition coefficient (Wildman–Crippen LogP) is 1.45. The summed E-state index contributed by atoms with van der Waals surface area (Å²) in [4.78, 5) is 17.8. The van der Waals surface area contributed by atoms with E-state index >= 15 is 0 Å². The van der Waals surface area contributed by atoms with Crippen LogP contribution in [0.4, 0.5) is 0 Å². The molecule has 0 spiro atoms. The number of fused-ring (bicyclic) bond motifs is 3. The lowest BCUT2D eigenvalue weighted by Gasteiger charge is -2.04. The van der Waals surface area contributed by atoms with E-state index in [1.807, 2.05) is 48.7 Å². The number of aromatic nitrogens is 8. The van der Waals surface area contributed by atoms with E-state index in [9.17, 15) is 4.79 Å². The van der Waals surface area contributed by atoms with Crippen LogP contribution in [0.3, 0.4) is 0 Å². The fourth-order valence-corrected chi connectivity index (χ4v) is 4.57. The molecule has 0 amide bonds. The van der Waals surface area contributed by atoms with Gasteiger partial charge in [-0.05, 0) is 12.1 Å². The van der Waals surface area contributed by atoms with Crippen molar-refractivity contribution in [3.63, 3.8) is 0 Å². The van der Waals surface area contributed by atoms with E-state index in [1.54, 1.807) is 28.4 Å². The summed E-state index contributed by atoms with van der Waals surface area (Å²) in [5.41, 5.74) is 3.19. The molecule has 0 unspecified atom stereocenters. The smallest absolute Gasteiger partial charge is 0.291 e. The van der Waals surface area contributed by atoms with Crippen molar-refractivity contribution >= 4 is 32.6 Å². The lowest BCUT2D eigenvalue weighted by atomic mass is 10.3. The third kappa shape index (κ3) is 2.56. The Balaban J connectivity index is 1.59. The molecule has 0 aliphatic heterocycles. The van der Waals surface area contributed by atoms with Crippen LogP contribution in [0.15, 0.2) is 35.5 Å².